The molecule has 0 bridgehead atoms. The zero-order valence-corrected chi connectivity index (χ0v) is 13.1. The van der Waals surface area contributed by atoms with Crippen molar-refractivity contribution in [3.63, 3.8) is 0 Å². The number of rotatable bonds is 5. The maximum Gasteiger partial charge on any atom is 0.123 e. The van der Waals surface area contributed by atoms with Gasteiger partial charge in [-0.2, -0.15) is 0 Å². The number of nitrogens with two attached hydrogens (primary N) is 1. The highest BCUT2D eigenvalue weighted by molar-refractivity contribution is 5.39. The molecule has 1 aliphatic rings. The van der Waals surface area contributed by atoms with E-state index < -0.39 is 0 Å². The molecule has 2 rings (SSSR count). The van der Waals surface area contributed by atoms with Crippen LogP contribution in [0.15, 0.2) is 18.2 Å². The summed E-state index contributed by atoms with van der Waals surface area (Å²) < 4.78 is 5.47. The molecule has 1 heterocycles. The molecule has 3 nitrogen and oxygen atoms in total. The minimum absolute atomic E-state index is 0.0250. The van der Waals surface area contributed by atoms with E-state index in [1.54, 1.807) is 7.11 Å². The maximum absolute atomic E-state index is 6.47. The van der Waals surface area contributed by atoms with E-state index in [-0.39, 0.29) is 6.04 Å². The van der Waals surface area contributed by atoms with Crippen LogP contribution in [0.5, 0.6) is 5.75 Å². The first-order valence-corrected chi connectivity index (χ1v) is 7.79. The van der Waals surface area contributed by atoms with E-state index in [2.05, 4.69) is 30.9 Å². The average Bonchev–Trinajstić information content (AvgIpc) is 2.47. The summed E-state index contributed by atoms with van der Waals surface area (Å²) in [6, 6.07) is 6.99. The van der Waals surface area contributed by atoms with Crippen molar-refractivity contribution in [3.05, 3.63) is 29.3 Å². The van der Waals surface area contributed by atoms with Crippen molar-refractivity contribution in [1.82, 2.24) is 4.90 Å². The number of ether oxygens (including phenoxy) is 1. The zero-order valence-electron chi connectivity index (χ0n) is 13.1. The quantitative estimate of drug-likeness (QED) is 0.897. The molecule has 0 aliphatic carbocycles. The minimum atomic E-state index is 0.0250. The number of benzene rings is 1. The number of aryl methyl sites for hydroxylation is 1. The fourth-order valence-electron chi connectivity index (χ4n) is 3.26. The summed E-state index contributed by atoms with van der Waals surface area (Å²) in [5, 5.41) is 0. The molecule has 1 saturated heterocycles. The second kappa shape index (κ2) is 7.09. The largest absolute Gasteiger partial charge is 0.496 e. The van der Waals surface area contributed by atoms with Gasteiger partial charge in [0, 0.05) is 24.2 Å². The molecule has 2 atom stereocenters. The molecule has 0 aromatic heterocycles. The number of hydrogen-bond acceptors (Lipinski definition) is 3. The molecule has 1 aromatic carbocycles. The Morgan fingerprint density at radius 2 is 2.20 bits per heavy atom. The zero-order chi connectivity index (χ0) is 14.5. The molecule has 0 spiro atoms. The first-order valence-electron chi connectivity index (χ1n) is 7.79. The lowest BCUT2D eigenvalue weighted by atomic mass is 9.97. The standard InChI is InChI=1S/C17H28N2O/c1-4-14-7-5-6-10-19(14)12-16(18)15-11-13(2)8-9-17(15)20-3/h8-9,11,14,16H,4-7,10,12,18H2,1-3H3. The van der Waals surface area contributed by atoms with Crippen molar-refractivity contribution in [3.8, 4) is 5.75 Å². The molecular formula is C17H28N2O. The summed E-state index contributed by atoms with van der Waals surface area (Å²) >= 11 is 0. The van der Waals surface area contributed by atoms with E-state index in [0.717, 1.165) is 17.9 Å². The molecule has 1 aliphatic heterocycles. The molecule has 3 heteroatoms. The van der Waals surface area contributed by atoms with E-state index >= 15 is 0 Å². The Morgan fingerprint density at radius 3 is 2.90 bits per heavy atom. The van der Waals surface area contributed by atoms with Crippen LogP contribution in [-0.2, 0) is 0 Å². The van der Waals surface area contributed by atoms with Crippen LogP contribution in [0.1, 0.15) is 49.8 Å². The highest BCUT2D eigenvalue weighted by Gasteiger charge is 2.24. The Kier molecular flexibility index (Phi) is 5.44. The van der Waals surface area contributed by atoms with Gasteiger partial charge < -0.3 is 10.5 Å². The van der Waals surface area contributed by atoms with Crippen LogP contribution in [-0.4, -0.2) is 31.1 Å². The molecule has 0 amide bonds. The molecule has 2 unspecified atom stereocenters. The van der Waals surface area contributed by atoms with Crippen LogP contribution in [0.25, 0.3) is 0 Å². The summed E-state index contributed by atoms with van der Waals surface area (Å²) in [5.41, 5.74) is 8.84. The lowest BCUT2D eigenvalue weighted by Gasteiger charge is -2.37. The molecule has 2 N–H and O–H groups in total. The van der Waals surface area contributed by atoms with E-state index in [0.29, 0.717) is 6.04 Å². The van der Waals surface area contributed by atoms with Crippen LogP contribution in [0.2, 0.25) is 0 Å². The Hall–Kier alpha value is -1.06. The van der Waals surface area contributed by atoms with Gasteiger partial charge in [0.05, 0.1) is 7.11 Å². The van der Waals surface area contributed by atoms with E-state index in [1.807, 2.05) is 6.07 Å². The number of piperidine rings is 1. The van der Waals surface area contributed by atoms with Gasteiger partial charge in [-0.25, -0.2) is 0 Å². The molecule has 1 fully saturated rings. The van der Waals surface area contributed by atoms with Crippen molar-refractivity contribution in [2.45, 2.75) is 51.6 Å². The fourth-order valence-corrected chi connectivity index (χ4v) is 3.26. The smallest absolute Gasteiger partial charge is 0.123 e. The third-order valence-electron chi connectivity index (χ3n) is 4.44. The third kappa shape index (κ3) is 3.53. The van der Waals surface area contributed by atoms with Crippen LogP contribution in [0.3, 0.4) is 0 Å². The molecule has 0 radical (unpaired) electrons. The van der Waals surface area contributed by atoms with Crippen molar-refractivity contribution in [1.29, 1.82) is 0 Å². The highest BCUT2D eigenvalue weighted by atomic mass is 16.5. The lowest BCUT2D eigenvalue weighted by molar-refractivity contribution is 0.135. The van der Waals surface area contributed by atoms with Gasteiger partial charge in [-0.3, -0.25) is 4.90 Å². The van der Waals surface area contributed by atoms with Crippen molar-refractivity contribution in [2.24, 2.45) is 5.73 Å². The van der Waals surface area contributed by atoms with Gasteiger partial charge in [0.1, 0.15) is 5.75 Å². The maximum atomic E-state index is 6.47. The molecule has 20 heavy (non-hydrogen) atoms. The van der Waals surface area contributed by atoms with Gasteiger partial charge in [0.2, 0.25) is 0 Å². The topological polar surface area (TPSA) is 38.5 Å². The highest BCUT2D eigenvalue weighted by Crippen LogP contribution is 2.28. The first-order chi connectivity index (χ1) is 9.65. The van der Waals surface area contributed by atoms with Crippen molar-refractivity contribution < 1.29 is 4.74 Å². The van der Waals surface area contributed by atoms with Crippen molar-refractivity contribution >= 4 is 0 Å². The predicted molar refractivity (Wildman–Crippen MR) is 84.2 cm³/mol. The SMILES string of the molecule is CCC1CCCCN1CC(N)c1cc(C)ccc1OC. The van der Waals surface area contributed by atoms with Crippen molar-refractivity contribution in [2.75, 3.05) is 20.2 Å². The monoisotopic (exact) mass is 276 g/mol. The fraction of sp³-hybridized carbons (Fsp3) is 0.647. The lowest BCUT2D eigenvalue weighted by Crippen LogP contribution is -2.43. The van der Waals surface area contributed by atoms with Crippen LogP contribution in [0.4, 0.5) is 0 Å². The number of hydrogen-bond donors (Lipinski definition) is 1. The van der Waals surface area contributed by atoms with Gasteiger partial charge in [-0.1, -0.05) is 31.0 Å². The van der Waals surface area contributed by atoms with E-state index in [1.165, 1.54) is 37.8 Å². The number of likely N-dealkylation sites (tertiary alicyclic amines) is 1. The summed E-state index contributed by atoms with van der Waals surface area (Å²) in [4.78, 5) is 2.57. The first kappa shape index (κ1) is 15.3. The summed E-state index contributed by atoms with van der Waals surface area (Å²) in [5.74, 6) is 0.910. The Labute approximate surface area is 123 Å². The Bertz CT molecular complexity index is 433. The van der Waals surface area contributed by atoms with Gasteiger partial charge in [-0.05, 0) is 38.8 Å². The number of nitrogens with zero attached hydrogens (tertiary/aromatic N) is 1. The predicted octanol–water partition coefficient (Wildman–Crippen LogP) is 3.27. The van der Waals surface area contributed by atoms with Crippen LogP contribution in [0, 0.1) is 6.92 Å². The second-order valence-electron chi connectivity index (χ2n) is 5.90. The van der Waals surface area contributed by atoms with Gasteiger partial charge in [-0.15, -0.1) is 0 Å². The molecular weight excluding hydrogens is 248 g/mol. The minimum Gasteiger partial charge on any atom is -0.496 e. The average molecular weight is 276 g/mol. The van der Waals surface area contributed by atoms with Crippen LogP contribution >= 0.6 is 0 Å². The third-order valence-corrected chi connectivity index (χ3v) is 4.44. The molecule has 112 valence electrons. The van der Waals surface area contributed by atoms with Gasteiger partial charge in [0.25, 0.3) is 0 Å². The molecule has 0 saturated carbocycles. The van der Waals surface area contributed by atoms with Gasteiger partial charge >= 0.3 is 0 Å². The second-order valence-corrected chi connectivity index (χ2v) is 5.90. The van der Waals surface area contributed by atoms with E-state index in [9.17, 15) is 0 Å². The van der Waals surface area contributed by atoms with E-state index in [4.69, 9.17) is 10.5 Å². The number of methoxy groups -OCH3 is 1. The molecule has 1 aromatic rings. The summed E-state index contributed by atoms with van der Waals surface area (Å²) in [6.07, 6.45) is 5.19. The Morgan fingerprint density at radius 1 is 1.40 bits per heavy atom. The van der Waals surface area contributed by atoms with Gasteiger partial charge in [0.15, 0.2) is 0 Å². The summed E-state index contributed by atoms with van der Waals surface area (Å²) in [7, 11) is 1.72. The summed E-state index contributed by atoms with van der Waals surface area (Å²) in [6.45, 7) is 6.49. The Balaban J connectivity index is 2.10. The van der Waals surface area contributed by atoms with Crippen LogP contribution < -0.4 is 10.5 Å². The normalized spacial score (nSPS) is 21.7.